The normalized spacial score (nSPS) is 14.8. The Balaban J connectivity index is 1.71. The predicted octanol–water partition coefficient (Wildman–Crippen LogP) is 2.00. The van der Waals surface area contributed by atoms with Gasteiger partial charge in [-0.2, -0.15) is 0 Å². The summed E-state index contributed by atoms with van der Waals surface area (Å²) in [6.45, 7) is 3.20. The zero-order valence-electron chi connectivity index (χ0n) is 14.9. The number of nitrogens with zero attached hydrogens (tertiary/aromatic N) is 3. The molecule has 0 unspecified atom stereocenters. The molecule has 0 atom stereocenters. The Morgan fingerprint density at radius 3 is 2.46 bits per heavy atom. The monoisotopic (exact) mass is 354 g/mol. The molecule has 1 saturated heterocycles. The fourth-order valence-electron chi connectivity index (χ4n) is 2.80. The van der Waals surface area contributed by atoms with E-state index in [1.54, 1.807) is 36.5 Å². The molecule has 1 N–H and O–H groups in total. The number of aromatic nitrogens is 1. The van der Waals surface area contributed by atoms with Crippen LogP contribution >= 0.6 is 0 Å². The Labute approximate surface area is 152 Å². The molecular weight excluding hydrogens is 332 g/mol. The molecule has 26 heavy (non-hydrogen) atoms. The lowest BCUT2D eigenvalue weighted by atomic mass is 10.1. The van der Waals surface area contributed by atoms with E-state index >= 15 is 0 Å². The van der Waals surface area contributed by atoms with E-state index in [0.717, 1.165) is 26.2 Å². The van der Waals surface area contributed by atoms with Gasteiger partial charge in [0.15, 0.2) is 0 Å². The van der Waals surface area contributed by atoms with E-state index in [0.29, 0.717) is 22.6 Å². The quantitative estimate of drug-likeness (QED) is 0.847. The third-order valence-electron chi connectivity index (χ3n) is 4.40. The number of benzene rings is 1. The minimum Gasteiger partial charge on any atom is -0.465 e. The summed E-state index contributed by atoms with van der Waals surface area (Å²) in [5.41, 5.74) is 1.58. The first kappa shape index (κ1) is 17.9. The number of esters is 1. The molecule has 1 fully saturated rings. The van der Waals surface area contributed by atoms with Crippen molar-refractivity contribution >= 4 is 23.4 Å². The number of rotatable bonds is 4. The Morgan fingerprint density at radius 1 is 1.08 bits per heavy atom. The maximum Gasteiger partial charge on any atom is 0.339 e. The lowest BCUT2D eigenvalue weighted by Crippen LogP contribution is -2.47. The standard InChI is InChI=1S/C19H22N4O3/c1-22-9-11-23(12-10-22)18(24)14-7-8-17(20-13-14)21-16-6-4-3-5-15(16)19(25)26-2/h3-8,13H,9-12H2,1-2H3,(H,20,21). The van der Waals surface area contributed by atoms with Gasteiger partial charge in [-0.05, 0) is 31.3 Å². The predicted molar refractivity (Wildman–Crippen MR) is 98.7 cm³/mol. The largest absolute Gasteiger partial charge is 0.465 e. The minimum atomic E-state index is -0.421. The van der Waals surface area contributed by atoms with Crippen LogP contribution < -0.4 is 5.32 Å². The molecule has 1 aliphatic rings. The second-order valence-electron chi connectivity index (χ2n) is 6.19. The number of amides is 1. The van der Waals surface area contributed by atoms with Gasteiger partial charge in [-0.15, -0.1) is 0 Å². The van der Waals surface area contributed by atoms with Crippen molar-refractivity contribution in [2.45, 2.75) is 0 Å². The molecule has 1 aromatic heterocycles. The van der Waals surface area contributed by atoms with Crippen LogP contribution in [0.2, 0.25) is 0 Å². The van der Waals surface area contributed by atoms with Crippen molar-refractivity contribution in [2.24, 2.45) is 0 Å². The molecule has 1 amide bonds. The Morgan fingerprint density at radius 2 is 1.81 bits per heavy atom. The zero-order chi connectivity index (χ0) is 18.5. The molecule has 0 spiro atoms. The first-order valence-electron chi connectivity index (χ1n) is 8.46. The second kappa shape index (κ2) is 7.97. The van der Waals surface area contributed by atoms with Gasteiger partial charge in [-0.3, -0.25) is 4.79 Å². The fourth-order valence-corrected chi connectivity index (χ4v) is 2.80. The van der Waals surface area contributed by atoms with E-state index in [1.807, 2.05) is 11.0 Å². The van der Waals surface area contributed by atoms with Crippen molar-refractivity contribution in [3.05, 3.63) is 53.7 Å². The molecule has 0 aliphatic carbocycles. The number of carbonyl (C=O) groups is 2. The average Bonchev–Trinajstić information content (AvgIpc) is 2.68. The second-order valence-corrected chi connectivity index (χ2v) is 6.19. The molecule has 1 aliphatic heterocycles. The molecule has 136 valence electrons. The number of nitrogens with one attached hydrogen (secondary N) is 1. The van der Waals surface area contributed by atoms with E-state index in [4.69, 9.17) is 4.74 Å². The number of anilines is 2. The first-order chi connectivity index (χ1) is 12.6. The van der Waals surface area contributed by atoms with E-state index in [2.05, 4.69) is 22.2 Å². The number of piperazine rings is 1. The van der Waals surface area contributed by atoms with Crippen LogP contribution in [0.4, 0.5) is 11.5 Å². The number of carbonyl (C=O) groups excluding carboxylic acids is 2. The van der Waals surface area contributed by atoms with Crippen LogP contribution in [0.1, 0.15) is 20.7 Å². The molecule has 7 heteroatoms. The number of hydrogen-bond acceptors (Lipinski definition) is 6. The first-order valence-corrected chi connectivity index (χ1v) is 8.46. The summed E-state index contributed by atoms with van der Waals surface area (Å²) in [6, 6.07) is 10.5. The van der Waals surface area contributed by atoms with Crippen molar-refractivity contribution < 1.29 is 14.3 Å². The lowest BCUT2D eigenvalue weighted by molar-refractivity contribution is 0.0601. The summed E-state index contributed by atoms with van der Waals surface area (Å²) < 4.78 is 4.79. The number of hydrogen-bond donors (Lipinski definition) is 1. The zero-order valence-corrected chi connectivity index (χ0v) is 14.9. The van der Waals surface area contributed by atoms with Crippen molar-refractivity contribution in [3.8, 4) is 0 Å². The van der Waals surface area contributed by atoms with Gasteiger partial charge < -0.3 is 19.9 Å². The molecular formula is C19H22N4O3. The minimum absolute atomic E-state index is 0.00730. The van der Waals surface area contributed by atoms with Gasteiger partial charge in [-0.25, -0.2) is 9.78 Å². The van der Waals surface area contributed by atoms with Gasteiger partial charge in [-0.1, -0.05) is 12.1 Å². The van der Waals surface area contributed by atoms with Crippen LogP contribution in [0.3, 0.4) is 0 Å². The Bertz CT molecular complexity index is 784. The summed E-state index contributed by atoms with van der Waals surface area (Å²) in [5.74, 6) is 0.123. The van der Waals surface area contributed by atoms with Crippen molar-refractivity contribution in [1.82, 2.24) is 14.8 Å². The highest BCUT2D eigenvalue weighted by atomic mass is 16.5. The van der Waals surface area contributed by atoms with Gasteiger partial charge >= 0.3 is 5.97 Å². The van der Waals surface area contributed by atoms with Crippen molar-refractivity contribution in [2.75, 3.05) is 45.7 Å². The van der Waals surface area contributed by atoms with Crippen LogP contribution in [-0.4, -0.2) is 67.0 Å². The van der Waals surface area contributed by atoms with E-state index in [1.165, 1.54) is 7.11 Å². The summed E-state index contributed by atoms with van der Waals surface area (Å²) in [4.78, 5) is 32.7. The molecule has 0 radical (unpaired) electrons. The van der Waals surface area contributed by atoms with Crippen molar-refractivity contribution in [3.63, 3.8) is 0 Å². The number of likely N-dealkylation sites (N-methyl/N-ethyl adjacent to an activating group) is 1. The Kier molecular flexibility index (Phi) is 5.48. The van der Waals surface area contributed by atoms with Crippen LogP contribution in [0.5, 0.6) is 0 Å². The lowest BCUT2D eigenvalue weighted by Gasteiger charge is -2.32. The van der Waals surface area contributed by atoms with E-state index < -0.39 is 5.97 Å². The van der Waals surface area contributed by atoms with Gasteiger partial charge in [0.05, 0.1) is 23.9 Å². The highest BCUT2D eigenvalue weighted by Crippen LogP contribution is 2.20. The maximum atomic E-state index is 12.5. The average molecular weight is 354 g/mol. The summed E-state index contributed by atoms with van der Waals surface area (Å²) in [5, 5.41) is 3.10. The smallest absolute Gasteiger partial charge is 0.339 e. The number of methoxy groups -OCH3 is 1. The molecule has 7 nitrogen and oxygen atoms in total. The number of pyridine rings is 1. The summed E-state index contributed by atoms with van der Waals surface area (Å²) in [6.07, 6.45) is 1.56. The van der Waals surface area contributed by atoms with Crippen LogP contribution in [0.25, 0.3) is 0 Å². The van der Waals surface area contributed by atoms with Crippen LogP contribution in [-0.2, 0) is 4.74 Å². The van der Waals surface area contributed by atoms with Crippen LogP contribution in [0, 0.1) is 0 Å². The molecule has 0 saturated carbocycles. The highest BCUT2D eigenvalue weighted by Gasteiger charge is 2.20. The Hall–Kier alpha value is -2.93. The third kappa shape index (κ3) is 4.00. The highest BCUT2D eigenvalue weighted by molar-refractivity contribution is 5.96. The summed E-state index contributed by atoms with van der Waals surface area (Å²) in [7, 11) is 3.39. The molecule has 2 heterocycles. The van der Waals surface area contributed by atoms with Gasteiger partial charge in [0.1, 0.15) is 5.82 Å². The molecule has 1 aromatic carbocycles. The van der Waals surface area contributed by atoms with Crippen LogP contribution in [0.15, 0.2) is 42.6 Å². The summed E-state index contributed by atoms with van der Waals surface area (Å²) >= 11 is 0. The third-order valence-corrected chi connectivity index (χ3v) is 4.40. The van der Waals surface area contributed by atoms with Crippen molar-refractivity contribution in [1.29, 1.82) is 0 Å². The van der Waals surface area contributed by atoms with E-state index in [9.17, 15) is 9.59 Å². The van der Waals surface area contributed by atoms with Gasteiger partial charge in [0.2, 0.25) is 0 Å². The number of para-hydroxylation sites is 1. The SMILES string of the molecule is COC(=O)c1ccccc1Nc1ccc(C(=O)N2CCN(C)CC2)cn1. The molecule has 0 bridgehead atoms. The van der Waals surface area contributed by atoms with Gasteiger partial charge in [0.25, 0.3) is 5.91 Å². The number of ether oxygens (including phenoxy) is 1. The fraction of sp³-hybridized carbons (Fsp3) is 0.316. The van der Waals surface area contributed by atoms with E-state index in [-0.39, 0.29) is 5.91 Å². The topological polar surface area (TPSA) is 74.8 Å². The molecule has 2 aromatic rings. The molecule has 3 rings (SSSR count). The van der Waals surface area contributed by atoms with Gasteiger partial charge in [0, 0.05) is 32.4 Å². The maximum absolute atomic E-state index is 12.5.